The molecule has 1 aromatic heterocycles. The first-order chi connectivity index (χ1) is 17.1. The minimum Gasteiger partial charge on any atom is -0.496 e. The van der Waals surface area contributed by atoms with Crippen molar-refractivity contribution >= 4 is 17.4 Å². The second-order valence-corrected chi connectivity index (χ2v) is 9.00. The summed E-state index contributed by atoms with van der Waals surface area (Å²) in [7, 11) is 1.65. The summed E-state index contributed by atoms with van der Waals surface area (Å²) in [6.07, 6.45) is 1.59. The Hall–Kier alpha value is -3.68. The number of amides is 1. The van der Waals surface area contributed by atoms with E-state index in [4.69, 9.17) is 4.74 Å². The molecule has 35 heavy (non-hydrogen) atoms. The highest BCUT2D eigenvalue weighted by Gasteiger charge is 2.31. The van der Waals surface area contributed by atoms with Gasteiger partial charge in [-0.15, -0.1) is 10.2 Å². The number of halogens is 1. The van der Waals surface area contributed by atoms with E-state index in [2.05, 4.69) is 15.1 Å². The summed E-state index contributed by atoms with van der Waals surface area (Å²) in [5, 5.41) is 8.87. The maximum Gasteiger partial charge on any atom is 0.225 e. The van der Waals surface area contributed by atoms with Gasteiger partial charge in [0.15, 0.2) is 5.82 Å². The summed E-state index contributed by atoms with van der Waals surface area (Å²) in [5.41, 5.74) is 2.30. The van der Waals surface area contributed by atoms with Crippen molar-refractivity contribution in [3.63, 3.8) is 0 Å². The second-order valence-electron chi connectivity index (χ2n) is 9.00. The lowest BCUT2D eigenvalue weighted by Crippen LogP contribution is -2.52. The maximum atomic E-state index is 14.1. The molecule has 3 aromatic rings. The lowest BCUT2D eigenvalue weighted by molar-refractivity contribution is -0.136. The molecule has 0 bridgehead atoms. The Morgan fingerprint density at radius 1 is 0.857 bits per heavy atom. The van der Waals surface area contributed by atoms with Gasteiger partial charge in [0.1, 0.15) is 11.6 Å². The molecular weight excluding hydrogens is 445 g/mol. The Balaban J connectivity index is 1.14. The molecule has 8 heteroatoms. The van der Waals surface area contributed by atoms with E-state index in [-0.39, 0.29) is 17.6 Å². The number of nitrogens with zero attached hydrogens (tertiary/aromatic N) is 5. The van der Waals surface area contributed by atoms with Crippen molar-refractivity contribution in [3.05, 3.63) is 66.5 Å². The minimum atomic E-state index is -0.210. The Morgan fingerprint density at radius 3 is 2.26 bits per heavy atom. The molecule has 0 atom stereocenters. The Morgan fingerprint density at radius 2 is 1.57 bits per heavy atom. The monoisotopic (exact) mass is 475 g/mol. The fraction of sp³-hybridized carbons (Fsp3) is 0.370. The van der Waals surface area contributed by atoms with Crippen LogP contribution in [-0.4, -0.2) is 67.4 Å². The van der Waals surface area contributed by atoms with Crippen molar-refractivity contribution in [2.75, 3.05) is 56.2 Å². The number of carbonyl (C=O) groups excluding carboxylic acids is 1. The van der Waals surface area contributed by atoms with Crippen LogP contribution in [0.25, 0.3) is 11.3 Å². The quantitative estimate of drug-likeness (QED) is 0.559. The van der Waals surface area contributed by atoms with Crippen LogP contribution in [0.4, 0.5) is 15.9 Å². The van der Waals surface area contributed by atoms with Crippen LogP contribution in [0.15, 0.2) is 60.7 Å². The third-order valence-corrected chi connectivity index (χ3v) is 6.99. The Bertz CT molecular complexity index is 1160. The van der Waals surface area contributed by atoms with Crippen LogP contribution in [0.1, 0.15) is 12.8 Å². The lowest BCUT2D eigenvalue weighted by atomic mass is 9.95. The third-order valence-electron chi connectivity index (χ3n) is 6.99. The highest BCUT2D eigenvalue weighted by atomic mass is 19.1. The van der Waals surface area contributed by atoms with Gasteiger partial charge in [-0.3, -0.25) is 4.79 Å². The SMILES string of the molecule is COc1ccccc1-c1ccc(N2CCC(C(=O)N3CCN(c4ccccc4F)CC3)CC2)nn1. The van der Waals surface area contributed by atoms with Gasteiger partial charge in [-0.05, 0) is 49.2 Å². The number of hydrogen-bond acceptors (Lipinski definition) is 6. The largest absolute Gasteiger partial charge is 0.496 e. The number of anilines is 2. The van der Waals surface area contributed by atoms with Gasteiger partial charge < -0.3 is 19.4 Å². The first-order valence-corrected chi connectivity index (χ1v) is 12.1. The van der Waals surface area contributed by atoms with E-state index in [1.54, 1.807) is 19.2 Å². The summed E-state index contributed by atoms with van der Waals surface area (Å²) in [6.45, 7) is 4.11. The van der Waals surface area contributed by atoms with Gasteiger partial charge in [0.2, 0.25) is 5.91 Å². The van der Waals surface area contributed by atoms with Gasteiger partial charge in [0.25, 0.3) is 0 Å². The van der Waals surface area contributed by atoms with Crippen molar-refractivity contribution in [2.45, 2.75) is 12.8 Å². The molecule has 5 rings (SSSR count). The van der Waals surface area contributed by atoms with E-state index in [1.807, 2.05) is 52.3 Å². The van der Waals surface area contributed by atoms with Gasteiger partial charge in [-0.1, -0.05) is 24.3 Å². The predicted octanol–water partition coefficient (Wildman–Crippen LogP) is 3.86. The fourth-order valence-electron chi connectivity index (χ4n) is 4.98. The molecule has 0 N–H and O–H groups in total. The molecule has 2 aromatic carbocycles. The second kappa shape index (κ2) is 10.3. The molecule has 1 amide bonds. The molecule has 7 nitrogen and oxygen atoms in total. The number of carbonyl (C=O) groups is 1. The lowest BCUT2D eigenvalue weighted by Gasteiger charge is -2.39. The number of rotatable bonds is 5. The van der Waals surface area contributed by atoms with Gasteiger partial charge in [-0.25, -0.2) is 4.39 Å². The molecule has 2 aliphatic heterocycles. The van der Waals surface area contributed by atoms with Crippen molar-refractivity contribution in [2.24, 2.45) is 5.92 Å². The number of piperidine rings is 1. The van der Waals surface area contributed by atoms with E-state index < -0.39 is 0 Å². The molecule has 182 valence electrons. The zero-order chi connectivity index (χ0) is 24.2. The highest BCUT2D eigenvalue weighted by molar-refractivity contribution is 5.79. The summed E-state index contributed by atoms with van der Waals surface area (Å²) in [4.78, 5) is 19.3. The smallest absolute Gasteiger partial charge is 0.225 e. The molecule has 3 heterocycles. The van der Waals surface area contributed by atoms with Crippen LogP contribution in [-0.2, 0) is 4.79 Å². The molecule has 2 saturated heterocycles. The summed E-state index contributed by atoms with van der Waals surface area (Å²) in [6, 6.07) is 18.5. The van der Waals surface area contributed by atoms with Crippen LogP contribution < -0.4 is 14.5 Å². The van der Waals surface area contributed by atoms with E-state index in [0.717, 1.165) is 48.8 Å². The van der Waals surface area contributed by atoms with E-state index >= 15 is 0 Å². The van der Waals surface area contributed by atoms with Crippen LogP contribution in [0, 0.1) is 11.7 Å². The van der Waals surface area contributed by atoms with E-state index in [1.165, 1.54) is 6.07 Å². The predicted molar refractivity (Wildman–Crippen MR) is 134 cm³/mol. The van der Waals surface area contributed by atoms with Crippen LogP contribution >= 0.6 is 0 Å². The average Bonchev–Trinajstić information content (AvgIpc) is 2.93. The maximum absolute atomic E-state index is 14.1. The number of benzene rings is 2. The van der Waals surface area contributed by atoms with Crippen molar-refractivity contribution < 1.29 is 13.9 Å². The standard InChI is InChI=1S/C27H30FN5O2/c1-35-25-9-5-2-6-21(25)23-10-11-26(30-29-23)32-14-12-20(13-15-32)27(34)33-18-16-31(17-19-33)24-8-4-3-7-22(24)28/h2-11,20H,12-19H2,1H3. The molecular formula is C27H30FN5O2. The van der Waals surface area contributed by atoms with Crippen molar-refractivity contribution in [3.8, 4) is 17.0 Å². The zero-order valence-electron chi connectivity index (χ0n) is 19.9. The first kappa shape index (κ1) is 23.1. The van der Waals surface area contributed by atoms with Gasteiger partial charge >= 0.3 is 0 Å². The van der Waals surface area contributed by atoms with E-state index in [9.17, 15) is 9.18 Å². The molecule has 0 saturated carbocycles. The fourth-order valence-corrected chi connectivity index (χ4v) is 4.98. The number of ether oxygens (including phenoxy) is 1. The molecule has 0 radical (unpaired) electrons. The van der Waals surface area contributed by atoms with Gasteiger partial charge in [0.05, 0.1) is 18.5 Å². The van der Waals surface area contributed by atoms with Gasteiger partial charge in [0, 0.05) is 50.7 Å². The van der Waals surface area contributed by atoms with E-state index in [0.29, 0.717) is 31.9 Å². The van der Waals surface area contributed by atoms with Crippen LogP contribution in [0.5, 0.6) is 5.75 Å². The molecule has 0 spiro atoms. The molecule has 0 unspecified atom stereocenters. The minimum absolute atomic E-state index is 0.0204. The molecule has 0 aliphatic carbocycles. The molecule has 2 fully saturated rings. The number of hydrogen-bond donors (Lipinski definition) is 0. The van der Waals surface area contributed by atoms with Gasteiger partial charge in [-0.2, -0.15) is 0 Å². The Labute approximate surface area is 205 Å². The number of piperazine rings is 1. The average molecular weight is 476 g/mol. The normalized spacial score (nSPS) is 16.9. The topological polar surface area (TPSA) is 61.8 Å². The number of methoxy groups -OCH3 is 1. The third kappa shape index (κ3) is 4.92. The summed E-state index contributed by atoms with van der Waals surface area (Å²) in [5.74, 6) is 1.62. The highest BCUT2D eigenvalue weighted by Crippen LogP contribution is 2.29. The number of aromatic nitrogens is 2. The van der Waals surface area contributed by atoms with Crippen molar-refractivity contribution in [1.29, 1.82) is 0 Å². The summed E-state index contributed by atoms with van der Waals surface area (Å²) >= 11 is 0. The number of para-hydroxylation sites is 2. The van der Waals surface area contributed by atoms with Crippen LogP contribution in [0.2, 0.25) is 0 Å². The zero-order valence-corrected chi connectivity index (χ0v) is 19.9. The van der Waals surface area contributed by atoms with Crippen molar-refractivity contribution in [1.82, 2.24) is 15.1 Å². The first-order valence-electron chi connectivity index (χ1n) is 12.1. The summed E-state index contributed by atoms with van der Waals surface area (Å²) < 4.78 is 19.5. The molecule has 2 aliphatic rings. The Kier molecular flexibility index (Phi) is 6.79. The van der Waals surface area contributed by atoms with Crippen LogP contribution in [0.3, 0.4) is 0 Å².